The standard InChI is InChI=1S/C14H18FN3O2/c1-2-7-16-11-4-3-9(8-10(11)15)17-12-5-6-13(19)18-14(12)20/h3-4,8,12,16-17H,2,5-7H2,1H3,(H,18,19,20)/t12-/m0/s1. The molecule has 1 aliphatic heterocycles. The summed E-state index contributed by atoms with van der Waals surface area (Å²) in [4.78, 5) is 22.6. The van der Waals surface area contributed by atoms with Crippen LogP contribution in [-0.4, -0.2) is 24.4 Å². The normalized spacial score (nSPS) is 18.6. The molecule has 2 amide bonds. The largest absolute Gasteiger partial charge is 0.383 e. The van der Waals surface area contributed by atoms with Gasteiger partial charge >= 0.3 is 0 Å². The monoisotopic (exact) mass is 279 g/mol. The van der Waals surface area contributed by atoms with E-state index in [4.69, 9.17) is 0 Å². The Kier molecular flexibility index (Phi) is 4.55. The van der Waals surface area contributed by atoms with E-state index in [1.807, 2.05) is 6.92 Å². The van der Waals surface area contributed by atoms with Crippen molar-refractivity contribution in [2.24, 2.45) is 0 Å². The number of halogens is 1. The molecule has 6 heteroatoms. The Hall–Kier alpha value is -2.11. The molecule has 1 heterocycles. The molecule has 1 aromatic rings. The molecule has 0 spiro atoms. The van der Waals surface area contributed by atoms with Crippen LogP contribution in [0.3, 0.4) is 0 Å². The number of carbonyl (C=O) groups excluding carboxylic acids is 2. The van der Waals surface area contributed by atoms with Crippen molar-refractivity contribution in [3.63, 3.8) is 0 Å². The SMILES string of the molecule is CCCNc1ccc(N[C@H]2CCC(=O)NC2=O)cc1F. The van der Waals surface area contributed by atoms with E-state index in [2.05, 4.69) is 16.0 Å². The fraction of sp³-hybridized carbons (Fsp3) is 0.429. The van der Waals surface area contributed by atoms with Gasteiger partial charge in [0.25, 0.3) is 0 Å². The van der Waals surface area contributed by atoms with Crippen molar-refractivity contribution in [3.05, 3.63) is 24.0 Å². The second-order valence-electron chi connectivity index (χ2n) is 4.77. The number of benzene rings is 1. The highest BCUT2D eigenvalue weighted by Gasteiger charge is 2.26. The smallest absolute Gasteiger partial charge is 0.249 e. The van der Waals surface area contributed by atoms with Gasteiger partial charge in [-0.15, -0.1) is 0 Å². The van der Waals surface area contributed by atoms with Crippen LogP contribution < -0.4 is 16.0 Å². The first-order valence-electron chi connectivity index (χ1n) is 6.74. The van der Waals surface area contributed by atoms with E-state index in [0.717, 1.165) is 6.42 Å². The first-order valence-corrected chi connectivity index (χ1v) is 6.74. The molecule has 0 bridgehead atoms. The number of amides is 2. The molecule has 0 aromatic heterocycles. The third kappa shape index (κ3) is 3.46. The molecule has 1 atom stereocenters. The first-order chi connectivity index (χ1) is 9.60. The van der Waals surface area contributed by atoms with E-state index in [0.29, 0.717) is 30.8 Å². The van der Waals surface area contributed by atoms with E-state index in [1.54, 1.807) is 12.1 Å². The summed E-state index contributed by atoms with van der Waals surface area (Å²) in [7, 11) is 0. The Labute approximate surface area is 116 Å². The molecular weight excluding hydrogens is 261 g/mol. The summed E-state index contributed by atoms with van der Waals surface area (Å²) in [6.07, 6.45) is 1.62. The molecule has 2 rings (SSSR count). The van der Waals surface area contributed by atoms with Crippen LogP contribution in [0.25, 0.3) is 0 Å². The molecule has 1 saturated heterocycles. The Morgan fingerprint density at radius 2 is 2.20 bits per heavy atom. The van der Waals surface area contributed by atoms with Crippen molar-refractivity contribution < 1.29 is 14.0 Å². The van der Waals surface area contributed by atoms with Gasteiger partial charge in [-0.25, -0.2) is 4.39 Å². The zero-order valence-corrected chi connectivity index (χ0v) is 11.3. The van der Waals surface area contributed by atoms with Crippen molar-refractivity contribution in [2.45, 2.75) is 32.2 Å². The van der Waals surface area contributed by atoms with Gasteiger partial charge in [0.2, 0.25) is 11.8 Å². The minimum Gasteiger partial charge on any atom is -0.383 e. The minimum atomic E-state index is -0.499. The Bertz CT molecular complexity index is 519. The maximum Gasteiger partial charge on any atom is 0.249 e. The van der Waals surface area contributed by atoms with Crippen molar-refractivity contribution in [3.8, 4) is 0 Å². The Morgan fingerprint density at radius 3 is 2.85 bits per heavy atom. The van der Waals surface area contributed by atoms with Gasteiger partial charge in [0.1, 0.15) is 11.9 Å². The molecular formula is C14H18FN3O2. The zero-order valence-electron chi connectivity index (χ0n) is 11.3. The van der Waals surface area contributed by atoms with Crippen LogP contribution in [0.4, 0.5) is 15.8 Å². The number of imide groups is 1. The number of nitrogens with one attached hydrogen (secondary N) is 3. The molecule has 1 aliphatic rings. The highest BCUT2D eigenvalue weighted by atomic mass is 19.1. The van der Waals surface area contributed by atoms with Crippen LogP contribution in [-0.2, 0) is 9.59 Å². The van der Waals surface area contributed by atoms with E-state index < -0.39 is 6.04 Å². The minimum absolute atomic E-state index is 0.265. The van der Waals surface area contributed by atoms with Crippen LogP contribution >= 0.6 is 0 Å². The predicted octanol–water partition coefficient (Wildman–Crippen LogP) is 1.86. The highest BCUT2D eigenvalue weighted by molar-refractivity contribution is 6.01. The molecule has 1 aromatic carbocycles. The quantitative estimate of drug-likeness (QED) is 0.720. The van der Waals surface area contributed by atoms with E-state index in [1.165, 1.54) is 6.07 Å². The van der Waals surface area contributed by atoms with Gasteiger partial charge in [-0.3, -0.25) is 14.9 Å². The van der Waals surface area contributed by atoms with Crippen LogP contribution in [0.15, 0.2) is 18.2 Å². The lowest BCUT2D eigenvalue weighted by atomic mass is 10.1. The first kappa shape index (κ1) is 14.3. The molecule has 20 heavy (non-hydrogen) atoms. The fourth-order valence-electron chi connectivity index (χ4n) is 2.04. The van der Waals surface area contributed by atoms with E-state index in [-0.39, 0.29) is 17.6 Å². The Morgan fingerprint density at radius 1 is 1.40 bits per heavy atom. The number of hydrogen-bond donors (Lipinski definition) is 3. The second-order valence-corrected chi connectivity index (χ2v) is 4.77. The van der Waals surface area contributed by atoms with Gasteiger partial charge in [0.15, 0.2) is 0 Å². The summed E-state index contributed by atoms with van der Waals surface area (Å²) in [5, 5.41) is 8.18. The van der Waals surface area contributed by atoms with Crippen molar-refractivity contribution in [1.82, 2.24) is 5.32 Å². The molecule has 0 aliphatic carbocycles. The summed E-state index contributed by atoms with van der Waals surface area (Å²) < 4.78 is 13.8. The molecule has 1 fully saturated rings. The summed E-state index contributed by atoms with van der Waals surface area (Å²) in [6.45, 7) is 2.71. The number of piperidine rings is 1. The fourth-order valence-corrected chi connectivity index (χ4v) is 2.04. The van der Waals surface area contributed by atoms with Gasteiger partial charge in [-0.2, -0.15) is 0 Å². The third-order valence-electron chi connectivity index (χ3n) is 3.11. The average molecular weight is 279 g/mol. The van der Waals surface area contributed by atoms with Crippen LogP contribution in [0.2, 0.25) is 0 Å². The number of hydrogen-bond acceptors (Lipinski definition) is 4. The molecule has 0 unspecified atom stereocenters. The number of anilines is 2. The lowest BCUT2D eigenvalue weighted by molar-refractivity contribution is -0.133. The second kappa shape index (κ2) is 6.36. The lowest BCUT2D eigenvalue weighted by Gasteiger charge is -2.23. The summed E-state index contributed by atoms with van der Waals surface area (Å²) in [5.74, 6) is -0.996. The van der Waals surface area contributed by atoms with Gasteiger partial charge in [0.05, 0.1) is 5.69 Å². The summed E-state index contributed by atoms with van der Waals surface area (Å²) in [5.41, 5.74) is 0.972. The third-order valence-corrected chi connectivity index (χ3v) is 3.11. The van der Waals surface area contributed by atoms with Crippen LogP contribution in [0.5, 0.6) is 0 Å². The summed E-state index contributed by atoms with van der Waals surface area (Å²) >= 11 is 0. The van der Waals surface area contributed by atoms with Crippen LogP contribution in [0.1, 0.15) is 26.2 Å². The maximum absolute atomic E-state index is 13.8. The Balaban J connectivity index is 2.01. The zero-order chi connectivity index (χ0) is 14.5. The summed E-state index contributed by atoms with van der Waals surface area (Å²) in [6, 6.07) is 4.20. The van der Waals surface area contributed by atoms with Crippen molar-refractivity contribution in [2.75, 3.05) is 17.2 Å². The molecule has 0 radical (unpaired) electrons. The number of rotatable bonds is 5. The molecule has 0 saturated carbocycles. The van der Waals surface area contributed by atoms with Gasteiger partial charge in [-0.1, -0.05) is 6.92 Å². The molecule has 108 valence electrons. The van der Waals surface area contributed by atoms with Crippen molar-refractivity contribution >= 4 is 23.2 Å². The van der Waals surface area contributed by atoms with Crippen LogP contribution in [0, 0.1) is 5.82 Å². The predicted molar refractivity (Wildman–Crippen MR) is 75.0 cm³/mol. The van der Waals surface area contributed by atoms with Gasteiger partial charge < -0.3 is 10.6 Å². The number of carbonyl (C=O) groups is 2. The van der Waals surface area contributed by atoms with Crippen molar-refractivity contribution in [1.29, 1.82) is 0 Å². The molecule has 3 N–H and O–H groups in total. The highest BCUT2D eigenvalue weighted by Crippen LogP contribution is 2.21. The molecule has 5 nitrogen and oxygen atoms in total. The lowest BCUT2D eigenvalue weighted by Crippen LogP contribution is -2.47. The topological polar surface area (TPSA) is 70.2 Å². The average Bonchev–Trinajstić information content (AvgIpc) is 2.41. The van der Waals surface area contributed by atoms with Gasteiger partial charge in [0, 0.05) is 18.7 Å². The van der Waals surface area contributed by atoms with E-state index >= 15 is 0 Å². The van der Waals surface area contributed by atoms with Gasteiger partial charge in [-0.05, 0) is 31.0 Å². The maximum atomic E-state index is 13.8. The van der Waals surface area contributed by atoms with E-state index in [9.17, 15) is 14.0 Å².